The number of carbonyl (C=O) groups excluding carboxylic acids is 2. The number of amides is 2. The van der Waals surface area contributed by atoms with E-state index in [2.05, 4.69) is 10.5 Å². The predicted molar refractivity (Wildman–Crippen MR) is 131 cm³/mol. The number of anilines is 1. The van der Waals surface area contributed by atoms with Crippen molar-refractivity contribution in [1.29, 1.82) is 0 Å². The van der Waals surface area contributed by atoms with Crippen LogP contribution in [0.2, 0.25) is 0 Å². The van der Waals surface area contributed by atoms with E-state index in [4.69, 9.17) is 9.62 Å². The minimum atomic E-state index is -0.159. The molecule has 1 aliphatic rings. The first-order valence-corrected chi connectivity index (χ1v) is 11.5. The molecule has 2 aromatic carbocycles. The maximum atomic E-state index is 13.6. The molecule has 0 radical (unpaired) electrons. The fourth-order valence-electron chi connectivity index (χ4n) is 4.14. The molecule has 1 N–H and O–H groups in total. The molecule has 1 fully saturated rings. The molecular formula is C26H26N6O3. The van der Waals surface area contributed by atoms with E-state index < -0.39 is 0 Å². The van der Waals surface area contributed by atoms with Gasteiger partial charge in [0.05, 0.1) is 17.8 Å². The quantitative estimate of drug-likeness (QED) is 0.465. The summed E-state index contributed by atoms with van der Waals surface area (Å²) in [6, 6.07) is 21.2. The van der Waals surface area contributed by atoms with Crippen molar-refractivity contribution in [1.82, 2.24) is 24.7 Å². The molecule has 0 spiro atoms. The van der Waals surface area contributed by atoms with Gasteiger partial charge in [0.15, 0.2) is 5.82 Å². The first kappa shape index (κ1) is 22.5. The minimum Gasteiger partial charge on any atom is -0.360 e. The Balaban J connectivity index is 1.28. The molecule has 35 heavy (non-hydrogen) atoms. The molecule has 2 amide bonds. The van der Waals surface area contributed by atoms with Crippen LogP contribution in [0.3, 0.4) is 0 Å². The smallest absolute Gasteiger partial charge is 0.257 e. The monoisotopic (exact) mass is 470 g/mol. The number of aromatic nitrogens is 3. The summed E-state index contributed by atoms with van der Waals surface area (Å²) in [4.78, 5) is 29.8. The second-order valence-corrected chi connectivity index (χ2v) is 8.48. The molecule has 1 aliphatic heterocycles. The van der Waals surface area contributed by atoms with Crippen LogP contribution in [0.1, 0.15) is 16.1 Å². The Labute approximate surface area is 202 Å². The average Bonchev–Trinajstić information content (AvgIpc) is 3.51. The third-order valence-electron chi connectivity index (χ3n) is 5.93. The first-order chi connectivity index (χ1) is 17.1. The van der Waals surface area contributed by atoms with E-state index in [-0.39, 0.29) is 18.4 Å². The van der Waals surface area contributed by atoms with Crippen LogP contribution in [0.5, 0.6) is 0 Å². The zero-order valence-corrected chi connectivity index (χ0v) is 19.4. The second kappa shape index (κ2) is 9.94. The van der Waals surface area contributed by atoms with Crippen molar-refractivity contribution in [3.63, 3.8) is 0 Å². The number of hydrogen-bond acceptors (Lipinski definition) is 6. The van der Waals surface area contributed by atoms with Crippen LogP contribution < -0.4 is 5.32 Å². The Kier molecular flexibility index (Phi) is 6.40. The highest BCUT2D eigenvalue weighted by atomic mass is 16.5. The molecule has 0 saturated carbocycles. The maximum absolute atomic E-state index is 13.6. The summed E-state index contributed by atoms with van der Waals surface area (Å²) in [5.74, 6) is 0.824. The van der Waals surface area contributed by atoms with Gasteiger partial charge in [-0.3, -0.25) is 14.5 Å². The summed E-state index contributed by atoms with van der Waals surface area (Å²) in [7, 11) is 0. The van der Waals surface area contributed by atoms with Crippen LogP contribution in [-0.4, -0.2) is 69.3 Å². The lowest BCUT2D eigenvalue weighted by Gasteiger charge is -2.34. The van der Waals surface area contributed by atoms with Crippen molar-refractivity contribution < 1.29 is 14.1 Å². The molecule has 178 valence electrons. The number of para-hydroxylation sites is 1. The van der Waals surface area contributed by atoms with Gasteiger partial charge in [-0.2, -0.15) is 5.10 Å². The van der Waals surface area contributed by atoms with Gasteiger partial charge in [0, 0.05) is 44.0 Å². The molecule has 0 unspecified atom stereocenters. The van der Waals surface area contributed by atoms with Crippen molar-refractivity contribution in [2.45, 2.75) is 6.92 Å². The molecular weight excluding hydrogens is 444 g/mol. The molecule has 3 heterocycles. The Morgan fingerprint density at radius 3 is 2.31 bits per heavy atom. The normalized spacial score (nSPS) is 14.1. The van der Waals surface area contributed by atoms with Crippen molar-refractivity contribution in [2.75, 3.05) is 38.0 Å². The van der Waals surface area contributed by atoms with Gasteiger partial charge in [-0.1, -0.05) is 53.7 Å². The Morgan fingerprint density at radius 1 is 0.971 bits per heavy atom. The number of rotatable bonds is 6. The van der Waals surface area contributed by atoms with Gasteiger partial charge in [0.1, 0.15) is 11.5 Å². The van der Waals surface area contributed by atoms with Crippen LogP contribution >= 0.6 is 0 Å². The summed E-state index contributed by atoms with van der Waals surface area (Å²) in [6.07, 6.45) is 1.81. The third kappa shape index (κ3) is 5.15. The number of nitrogens with one attached hydrogen (secondary N) is 1. The summed E-state index contributed by atoms with van der Waals surface area (Å²) >= 11 is 0. The lowest BCUT2D eigenvalue weighted by molar-refractivity contribution is -0.117. The van der Waals surface area contributed by atoms with Crippen molar-refractivity contribution >= 4 is 17.6 Å². The zero-order chi connectivity index (χ0) is 24.2. The van der Waals surface area contributed by atoms with Crippen molar-refractivity contribution in [2.24, 2.45) is 0 Å². The van der Waals surface area contributed by atoms with Gasteiger partial charge >= 0.3 is 0 Å². The fourth-order valence-corrected chi connectivity index (χ4v) is 4.14. The molecule has 5 rings (SSSR count). The van der Waals surface area contributed by atoms with Gasteiger partial charge in [-0.15, -0.1) is 0 Å². The lowest BCUT2D eigenvalue weighted by atomic mass is 10.1. The molecule has 1 saturated heterocycles. The van der Waals surface area contributed by atoms with Gasteiger partial charge < -0.3 is 14.7 Å². The second-order valence-electron chi connectivity index (χ2n) is 8.48. The average molecular weight is 471 g/mol. The largest absolute Gasteiger partial charge is 0.360 e. The van der Waals surface area contributed by atoms with E-state index in [0.29, 0.717) is 49.0 Å². The van der Waals surface area contributed by atoms with E-state index in [1.165, 1.54) is 0 Å². The fraction of sp³-hybridized carbons (Fsp3) is 0.231. The van der Waals surface area contributed by atoms with Crippen LogP contribution in [0.15, 0.2) is 77.4 Å². The molecule has 4 aromatic rings. The highest BCUT2D eigenvalue weighted by molar-refractivity contribution is 6.00. The lowest BCUT2D eigenvalue weighted by Crippen LogP contribution is -2.50. The van der Waals surface area contributed by atoms with Gasteiger partial charge in [-0.25, -0.2) is 4.68 Å². The van der Waals surface area contributed by atoms with E-state index in [9.17, 15) is 9.59 Å². The predicted octanol–water partition coefficient (Wildman–Crippen LogP) is 3.23. The summed E-state index contributed by atoms with van der Waals surface area (Å²) in [6.45, 7) is 4.26. The van der Waals surface area contributed by atoms with Crippen molar-refractivity contribution in [3.05, 3.63) is 84.3 Å². The first-order valence-electron chi connectivity index (χ1n) is 11.5. The molecule has 0 bridgehead atoms. The van der Waals surface area contributed by atoms with E-state index >= 15 is 0 Å². The Hall–Kier alpha value is -4.24. The standard InChI is InChI=1S/C26H26N6O3/c1-19-16-23(29-35-19)27-24(33)18-30-12-14-31(15-13-30)26(34)22-17-32(21-10-6-3-7-11-21)28-25(22)20-8-4-2-5-9-20/h2-11,16-17H,12-15,18H2,1H3,(H,27,29,33). The number of aryl methyl sites for hydroxylation is 1. The number of benzene rings is 2. The topological polar surface area (TPSA) is 96.5 Å². The Morgan fingerprint density at radius 2 is 1.66 bits per heavy atom. The number of carbonyl (C=O) groups is 2. The van der Waals surface area contributed by atoms with Gasteiger partial charge in [0.25, 0.3) is 5.91 Å². The maximum Gasteiger partial charge on any atom is 0.257 e. The van der Waals surface area contributed by atoms with Crippen LogP contribution in [0.4, 0.5) is 5.82 Å². The molecule has 0 aliphatic carbocycles. The molecule has 2 aromatic heterocycles. The van der Waals surface area contributed by atoms with E-state index in [1.54, 1.807) is 23.9 Å². The van der Waals surface area contributed by atoms with E-state index in [0.717, 1.165) is 11.3 Å². The number of piperazine rings is 1. The third-order valence-corrected chi connectivity index (χ3v) is 5.93. The molecule has 9 nitrogen and oxygen atoms in total. The van der Waals surface area contributed by atoms with Gasteiger partial charge in [-0.05, 0) is 19.1 Å². The highest BCUT2D eigenvalue weighted by Gasteiger charge is 2.27. The molecule has 0 atom stereocenters. The highest BCUT2D eigenvalue weighted by Crippen LogP contribution is 2.25. The van der Waals surface area contributed by atoms with Crippen LogP contribution in [-0.2, 0) is 4.79 Å². The number of nitrogens with zero attached hydrogens (tertiary/aromatic N) is 5. The Bertz CT molecular complexity index is 1310. The summed E-state index contributed by atoms with van der Waals surface area (Å²) in [5, 5.41) is 11.3. The zero-order valence-electron chi connectivity index (χ0n) is 19.4. The summed E-state index contributed by atoms with van der Waals surface area (Å²) < 4.78 is 6.73. The van der Waals surface area contributed by atoms with Gasteiger partial charge in [0.2, 0.25) is 5.91 Å². The number of hydrogen-bond donors (Lipinski definition) is 1. The van der Waals surface area contributed by atoms with E-state index in [1.807, 2.05) is 70.5 Å². The summed E-state index contributed by atoms with van der Waals surface area (Å²) in [5.41, 5.74) is 3.00. The van der Waals surface area contributed by atoms with Crippen LogP contribution in [0, 0.1) is 6.92 Å². The minimum absolute atomic E-state index is 0.0618. The SMILES string of the molecule is Cc1cc(NC(=O)CN2CCN(C(=O)c3cn(-c4ccccc4)nc3-c3ccccc3)CC2)no1. The molecule has 9 heteroatoms. The van der Waals surface area contributed by atoms with Crippen molar-refractivity contribution in [3.8, 4) is 16.9 Å². The van der Waals surface area contributed by atoms with Crippen LogP contribution in [0.25, 0.3) is 16.9 Å².